The molecule has 8 nitrogen and oxygen atoms in total. The number of aldehydes is 2. The molecule has 0 aliphatic rings. The van der Waals surface area contributed by atoms with Gasteiger partial charge in [-0.2, -0.15) is 0 Å². The van der Waals surface area contributed by atoms with Crippen molar-refractivity contribution in [1.82, 2.24) is 0 Å². The molecule has 22 heavy (non-hydrogen) atoms. The summed E-state index contributed by atoms with van der Waals surface area (Å²) in [5.74, 6) is 0. The van der Waals surface area contributed by atoms with Gasteiger partial charge in [0.1, 0.15) is 12.6 Å². The normalized spacial score (nSPS) is 9.09. The van der Waals surface area contributed by atoms with E-state index in [2.05, 4.69) is 0 Å². The Morgan fingerprint density at radius 3 is 1.73 bits per heavy atom. The SMILES string of the molecule is O=Cc1ccc([N+](=O)[O-])cc1.O=Cc1cccc([N+](=O)[O-])c1. The molecule has 0 N–H and O–H groups in total. The summed E-state index contributed by atoms with van der Waals surface area (Å²) in [6.07, 6.45) is 1.22. The molecule has 0 spiro atoms. The van der Waals surface area contributed by atoms with Crippen LogP contribution in [0.1, 0.15) is 20.7 Å². The van der Waals surface area contributed by atoms with Crippen LogP contribution in [0.3, 0.4) is 0 Å². The van der Waals surface area contributed by atoms with Gasteiger partial charge in [0, 0.05) is 35.4 Å². The third-order valence-corrected chi connectivity index (χ3v) is 2.46. The van der Waals surface area contributed by atoms with Gasteiger partial charge >= 0.3 is 0 Å². The fraction of sp³-hybridized carbons (Fsp3) is 0. The van der Waals surface area contributed by atoms with Gasteiger partial charge in [0.2, 0.25) is 0 Å². The molecule has 0 saturated carbocycles. The van der Waals surface area contributed by atoms with Gasteiger partial charge in [-0.3, -0.25) is 29.8 Å². The number of carbonyl (C=O) groups is 2. The fourth-order valence-electron chi connectivity index (χ4n) is 1.39. The van der Waals surface area contributed by atoms with Crippen LogP contribution in [0.4, 0.5) is 11.4 Å². The zero-order valence-corrected chi connectivity index (χ0v) is 11.1. The standard InChI is InChI=1S/2C7H5NO3/c9-5-6-1-3-7(4-2-6)8(10)11;9-5-6-2-1-3-7(4-6)8(10)11/h2*1-5H. The Bertz CT molecular complexity index is 697. The van der Waals surface area contributed by atoms with Crippen molar-refractivity contribution in [3.8, 4) is 0 Å². The lowest BCUT2D eigenvalue weighted by molar-refractivity contribution is -0.385. The van der Waals surface area contributed by atoms with Crippen LogP contribution in [0, 0.1) is 20.2 Å². The van der Waals surface area contributed by atoms with Crippen LogP contribution in [0.5, 0.6) is 0 Å². The van der Waals surface area contributed by atoms with Crippen molar-refractivity contribution in [2.75, 3.05) is 0 Å². The Balaban J connectivity index is 0.000000220. The molecule has 112 valence electrons. The second-order valence-corrected chi connectivity index (χ2v) is 3.94. The van der Waals surface area contributed by atoms with Crippen LogP contribution in [-0.2, 0) is 0 Å². The second-order valence-electron chi connectivity index (χ2n) is 3.94. The van der Waals surface area contributed by atoms with Gasteiger partial charge in [0.05, 0.1) is 9.85 Å². The van der Waals surface area contributed by atoms with E-state index in [9.17, 15) is 29.8 Å². The zero-order chi connectivity index (χ0) is 16.5. The van der Waals surface area contributed by atoms with Gasteiger partial charge in [-0.1, -0.05) is 12.1 Å². The molecule has 0 heterocycles. The molecule has 0 radical (unpaired) electrons. The Morgan fingerprint density at radius 1 is 0.727 bits per heavy atom. The number of non-ortho nitro benzene ring substituents is 2. The highest BCUT2D eigenvalue weighted by Gasteiger charge is 2.03. The second kappa shape index (κ2) is 8.00. The summed E-state index contributed by atoms with van der Waals surface area (Å²) in [6.45, 7) is 0. The lowest BCUT2D eigenvalue weighted by atomic mass is 10.2. The fourth-order valence-corrected chi connectivity index (χ4v) is 1.39. The third kappa shape index (κ3) is 4.93. The lowest BCUT2D eigenvalue weighted by Gasteiger charge is -1.90. The van der Waals surface area contributed by atoms with Crippen molar-refractivity contribution in [2.24, 2.45) is 0 Å². The Kier molecular flexibility index (Phi) is 6.05. The minimum atomic E-state index is -0.535. The minimum Gasteiger partial charge on any atom is -0.298 e. The minimum absolute atomic E-state index is 0.00407. The Labute approximate surface area is 124 Å². The molecule has 8 heteroatoms. The molecule has 0 fully saturated rings. The molecule has 0 aromatic heterocycles. The average Bonchev–Trinajstić information content (AvgIpc) is 2.55. The number of hydrogen-bond donors (Lipinski definition) is 0. The van der Waals surface area contributed by atoms with E-state index in [4.69, 9.17) is 0 Å². The summed E-state index contributed by atoms with van der Waals surface area (Å²) in [5.41, 5.74) is 0.694. The molecular formula is C14H10N2O6. The largest absolute Gasteiger partial charge is 0.298 e. The van der Waals surface area contributed by atoms with E-state index in [0.717, 1.165) is 0 Å². The number of nitro benzene ring substituents is 2. The van der Waals surface area contributed by atoms with E-state index in [0.29, 0.717) is 23.7 Å². The highest BCUT2D eigenvalue weighted by atomic mass is 16.6. The van der Waals surface area contributed by atoms with E-state index in [-0.39, 0.29) is 11.4 Å². The number of nitrogens with zero attached hydrogens (tertiary/aromatic N) is 2. The Morgan fingerprint density at radius 2 is 1.27 bits per heavy atom. The number of hydrogen-bond acceptors (Lipinski definition) is 6. The third-order valence-electron chi connectivity index (χ3n) is 2.46. The quantitative estimate of drug-likeness (QED) is 0.486. The lowest BCUT2D eigenvalue weighted by Crippen LogP contribution is -1.88. The summed E-state index contributed by atoms with van der Waals surface area (Å²) in [7, 11) is 0. The molecule has 0 amide bonds. The highest BCUT2D eigenvalue weighted by molar-refractivity contribution is 5.76. The number of rotatable bonds is 4. The van der Waals surface area contributed by atoms with E-state index in [1.54, 1.807) is 0 Å². The van der Waals surface area contributed by atoms with Crippen LogP contribution < -0.4 is 0 Å². The van der Waals surface area contributed by atoms with Gasteiger partial charge in [-0.25, -0.2) is 0 Å². The first-order chi connectivity index (χ1) is 10.5. The summed E-state index contributed by atoms with van der Waals surface area (Å²) in [6, 6.07) is 11.0. The molecule has 0 atom stereocenters. The molecule has 0 saturated heterocycles. The van der Waals surface area contributed by atoms with Crippen LogP contribution >= 0.6 is 0 Å². The van der Waals surface area contributed by atoms with Crippen molar-refractivity contribution in [3.05, 3.63) is 79.9 Å². The number of nitro groups is 2. The molecule has 0 aliphatic heterocycles. The topological polar surface area (TPSA) is 120 Å². The summed E-state index contributed by atoms with van der Waals surface area (Å²) < 4.78 is 0. The van der Waals surface area contributed by atoms with Gasteiger partial charge in [0.15, 0.2) is 0 Å². The van der Waals surface area contributed by atoms with Gasteiger partial charge < -0.3 is 0 Å². The zero-order valence-electron chi connectivity index (χ0n) is 11.1. The monoisotopic (exact) mass is 302 g/mol. The number of carbonyl (C=O) groups excluding carboxylic acids is 2. The highest BCUT2D eigenvalue weighted by Crippen LogP contribution is 2.11. The smallest absolute Gasteiger partial charge is 0.270 e. The maximum Gasteiger partial charge on any atom is 0.270 e. The predicted molar refractivity (Wildman–Crippen MR) is 77.0 cm³/mol. The molecular weight excluding hydrogens is 292 g/mol. The van der Waals surface area contributed by atoms with Crippen molar-refractivity contribution in [2.45, 2.75) is 0 Å². The van der Waals surface area contributed by atoms with E-state index >= 15 is 0 Å². The molecule has 2 aromatic rings. The van der Waals surface area contributed by atoms with Gasteiger partial charge in [-0.15, -0.1) is 0 Å². The summed E-state index contributed by atoms with van der Waals surface area (Å²) in [5, 5.41) is 20.3. The van der Waals surface area contributed by atoms with Crippen LogP contribution in [-0.4, -0.2) is 22.4 Å². The maximum absolute atomic E-state index is 10.2. The van der Waals surface area contributed by atoms with Crippen LogP contribution in [0.25, 0.3) is 0 Å². The maximum atomic E-state index is 10.2. The summed E-state index contributed by atoms with van der Waals surface area (Å²) >= 11 is 0. The van der Waals surface area contributed by atoms with Crippen molar-refractivity contribution in [1.29, 1.82) is 0 Å². The molecule has 0 unspecified atom stereocenters. The average molecular weight is 302 g/mol. The van der Waals surface area contributed by atoms with Crippen molar-refractivity contribution in [3.63, 3.8) is 0 Å². The van der Waals surface area contributed by atoms with Gasteiger partial charge in [0.25, 0.3) is 11.4 Å². The van der Waals surface area contributed by atoms with Gasteiger partial charge in [-0.05, 0) is 12.1 Å². The van der Waals surface area contributed by atoms with Crippen molar-refractivity contribution < 1.29 is 19.4 Å². The predicted octanol–water partition coefficient (Wildman–Crippen LogP) is 2.81. The van der Waals surface area contributed by atoms with Crippen LogP contribution in [0.15, 0.2) is 48.5 Å². The first kappa shape index (κ1) is 16.6. The molecule has 0 bridgehead atoms. The van der Waals surface area contributed by atoms with Crippen molar-refractivity contribution >= 4 is 23.9 Å². The van der Waals surface area contributed by atoms with E-state index < -0.39 is 9.85 Å². The number of benzene rings is 2. The Hall–Kier alpha value is -3.42. The first-order valence-electron chi connectivity index (χ1n) is 5.87. The molecule has 0 aliphatic carbocycles. The van der Waals surface area contributed by atoms with E-state index in [1.165, 1.54) is 48.5 Å². The van der Waals surface area contributed by atoms with Crippen LogP contribution in [0.2, 0.25) is 0 Å². The molecule has 2 aromatic carbocycles. The molecule has 2 rings (SSSR count). The van der Waals surface area contributed by atoms with E-state index in [1.807, 2.05) is 0 Å². The first-order valence-corrected chi connectivity index (χ1v) is 5.87. The summed E-state index contributed by atoms with van der Waals surface area (Å²) in [4.78, 5) is 39.5.